The molecule has 0 radical (unpaired) electrons. The zero-order valence-electron chi connectivity index (χ0n) is 7.99. The number of aliphatic hydroxyl groups excluding tert-OH is 1. The quantitative estimate of drug-likeness (QED) is 0.783. The normalized spacial score (nSPS) is 20.4. The standard InChI is InChI=1S/C11H14FNO/c12-11(9-14)7-13(8-11)6-10-4-2-1-3-5-10/h1-5,14H,6-9H2. The summed E-state index contributed by atoms with van der Waals surface area (Å²) < 4.78 is 13.3. The monoisotopic (exact) mass is 195 g/mol. The average Bonchev–Trinajstić information content (AvgIpc) is 2.17. The van der Waals surface area contributed by atoms with E-state index in [2.05, 4.69) is 0 Å². The van der Waals surface area contributed by atoms with Gasteiger partial charge in [0.15, 0.2) is 5.67 Å². The maximum Gasteiger partial charge on any atom is 0.159 e. The lowest BCUT2D eigenvalue weighted by atomic mass is 9.97. The number of nitrogens with zero attached hydrogens (tertiary/aromatic N) is 1. The zero-order valence-corrected chi connectivity index (χ0v) is 7.99. The Morgan fingerprint density at radius 3 is 2.50 bits per heavy atom. The van der Waals surface area contributed by atoms with Gasteiger partial charge in [-0.1, -0.05) is 30.3 Å². The van der Waals surface area contributed by atoms with Crippen molar-refractivity contribution in [1.29, 1.82) is 0 Å². The van der Waals surface area contributed by atoms with Crippen LogP contribution in [0.15, 0.2) is 30.3 Å². The summed E-state index contributed by atoms with van der Waals surface area (Å²) in [4.78, 5) is 1.99. The minimum atomic E-state index is -1.35. The van der Waals surface area contributed by atoms with Crippen molar-refractivity contribution in [1.82, 2.24) is 4.90 Å². The van der Waals surface area contributed by atoms with Crippen LogP contribution < -0.4 is 0 Å². The van der Waals surface area contributed by atoms with Gasteiger partial charge in [-0.05, 0) is 5.56 Å². The molecule has 1 aliphatic rings. The SMILES string of the molecule is OCC1(F)CN(Cc2ccccc2)C1. The van der Waals surface area contributed by atoms with Gasteiger partial charge in [0, 0.05) is 19.6 Å². The first-order valence-corrected chi connectivity index (χ1v) is 4.78. The largest absolute Gasteiger partial charge is 0.393 e. The van der Waals surface area contributed by atoms with Crippen molar-refractivity contribution in [2.45, 2.75) is 12.2 Å². The third-order valence-corrected chi connectivity index (χ3v) is 2.55. The summed E-state index contributed by atoms with van der Waals surface area (Å²) in [6.45, 7) is 1.10. The molecule has 0 spiro atoms. The fraction of sp³-hybridized carbons (Fsp3) is 0.455. The zero-order chi connectivity index (χ0) is 10.0. The fourth-order valence-corrected chi connectivity index (χ4v) is 1.81. The summed E-state index contributed by atoms with van der Waals surface area (Å²) in [6, 6.07) is 9.97. The van der Waals surface area contributed by atoms with Crippen LogP contribution in [0, 0.1) is 0 Å². The summed E-state index contributed by atoms with van der Waals surface area (Å²) in [5.41, 5.74) is -0.165. The van der Waals surface area contributed by atoms with E-state index in [1.54, 1.807) is 0 Å². The maximum absolute atomic E-state index is 13.3. The lowest BCUT2D eigenvalue weighted by Crippen LogP contribution is -2.60. The Kier molecular flexibility index (Phi) is 2.52. The minimum absolute atomic E-state index is 0.346. The fourth-order valence-electron chi connectivity index (χ4n) is 1.81. The summed E-state index contributed by atoms with van der Waals surface area (Å²) in [5.74, 6) is 0. The average molecular weight is 195 g/mol. The van der Waals surface area contributed by atoms with Crippen molar-refractivity contribution < 1.29 is 9.50 Å². The van der Waals surface area contributed by atoms with Crippen LogP contribution in [0.3, 0.4) is 0 Å². The molecule has 1 N–H and O–H groups in total. The van der Waals surface area contributed by atoms with Crippen molar-refractivity contribution in [3.05, 3.63) is 35.9 Å². The van der Waals surface area contributed by atoms with Crippen LogP contribution in [0.5, 0.6) is 0 Å². The molecule has 0 unspecified atom stereocenters. The molecule has 0 saturated carbocycles. The molecule has 0 aromatic heterocycles. The van der Waals surface area contributed by atoms with E-state index in [0.717, 1.165) is 6.54 Å². The molecule has 1 fully saturated rings. The highest BCUT2D eigenvalue weighted by Crippen LogP contribution is 2.26. The van der Waals surface area contributed by atoms with Crippen LogP contribution in [0.1, 0.15) is 5.56 Å². The second-order valence-corrected chi connectivity index (χ2v) is 3.94. The Bertz CT molecular complexity index is 295. The van der Waals surface area contributed by atoms with Gasteiger partial charge in [0.1, 0.15) is 0 Å². The Balaban J connectivity index is 1.85. The van der Waals surface area contributed by atoms with E-state index in [1.807, 2.05) is 35.2 Å². The van der Waals surface area contributed by atoms with Crippen LogP contribution in [-0.2, 0) is 6.54 Å². The van der Waals surface area contributed by atoms with Crippen LogP contribution in [0.4, 0.5) is 4.39 Å². The Labute approximate surface area is 83.0 Å². The Hall–Kier alpha value is -0.930. The van der Waals surface area contributed by atoms with Crippen LogP contribution in [0.2, 0.25) is 0 Å². The molecule has 1 aromatic rings. The number of likely N-dealkylation sites (tertiary alicyclic amines) is 1. The lowest BCUT2D eigenvalue weighted by Gasteiger charge is -2.43. The van der Waals surface area contributed by atoms with E-state index in [9.17, 15) is 4.39 Å². The second kappa shape index (κ2) is 3.67. The minimum Gasteiger partial charge on any atom is -0.393 e. The Morgan fingerprint density at radius 2 is 1.93 bits per heavy atom. The van der Waals surface area contributed by atoms with Gasteiger partial charge in [0.2, 0.25) is 0 Å². The predicted octanol–water partition coefficient (Wildman–Crippen LogP) is 1.20. The molecular weight excluding hydrogens is 181 g/mol. The second-order valence-electron chi connectivity index (χ2n) is 3.94. The van der Waals surface area contributed by atoms with E-state index in [-0.39, 0.29) is 6.61 Å². The van der Waals surface area contributed by atoms with E-state index >= 15 is 0 Å². The van der Waals surface area contributed by atoms with E-state index in [1.165, 1.54) is 5.56 Å². The molecule has 1 saturated heterocycles. The van der Waals surface area contributed by atoms with Crippen LogP contribution in [-0.4, -0.2) is 35.4 Å². The Morgan fingerprint density at radius 1 is 1.29 bits per heavy atom. The molecule has 76 valence electrons. The summed E-state index contributed by atoms with van der Waals surface area (Å²) in [6.07, 6.45) is 0. The van der Waals surface area contributed by atoms with E-state index < -0.39 is 5.67 Å². The van der Waals surface area contributed by atoms with Crippen molar-refractivity contribution >= 4 is 0 Å². The van der Waals surface area contributed by atoms with E-state index in [4.69, 9.17) is 5.11 Å². The van der Waals surface area contributed by atoms with Crippen molar-refractivity contribution in [2.75, 3.05) is 19.7 Å². The molecule has 1 aromatic carbocycles. The van der Waals surface area contributed by atoms with Gasteiger partial charge in [-0.15, -0.1) is 0 Å². The van der Waals surface area contributed by atoms with Crippen LogP contribution >= 0.6 is 0 Å². The highest BCUT2D eigenvalue weighted by atomic mass is 19.1. The van der Waals surface area contributed by atoms with Gasteiger partial charge in [0.05, 0.1) is 6.61 Å². The predicted molar refractivity (Wildman–Crippen MR) is 52.6 cm³/mol. The third-order valence-electron chi connectivity index (χ3n) is 2.55. The number of hydrogen-bond acceptors (Lipinski definition) is 2. The smallest absolute Gasteiger partial charge is 0.159 e. The highest BCUT2D eigenvalue weighted by Gasteiger charge is 2.42. The maximum atomic E-state index is 13.3. The highest BCUT2D eigenvalue weighted by molar-refractivity contribution is 5.15. The molecule has 2 rings (SSSR count). The van der Waals surface area contributed by atoms with Gasteiger partial charge in [-0.2, -0.15) is 0 Å². The molecule has 0 aliphatic carbocycles. The number of hydrogen-bond donors (Lipinski definition) is 1. The van der Waals surface area contributed by atoms with Crippen LogP contribution in [0.25, 0.3) is 0 Å². The van der Waals surface area contributed by atoms with Gasteiger partial charge in [-0.3, -0.25) is 4.90 Å². The summed E-state index contributed by atoms with van der Waals surface area (Å²) in [5, 5.41) is 8.73. The van der Waals surface area contributed by atoms with E-state index in [0.29, 0.717) is 13.1 Å². The van der Waals surface area contributed by atoms with Gasteiger partial charge < -0.3 is 5.11 Å². The van der Waals surface area contributed by atoms with Crippen molar-refractivity contribution in [3.8, 4) is 0 Å². The third kappa shape index (κ3) is 1.94. The molecule has 1 heterocycles. The molecule has 2 nitrogen and oxygen atoms in total. The summed E-state index contributed by atoms with van der Waals surface area (Å²) in [7, 11) is 0. The number of aliphatic hydroxyl groups is 1. The molecule has 0 amide bonds. The number of rotatable bonds is 3. The van der Waals surface area contributed by atoms with Gasteiger partial charge in [0.25, 0.3) is 0 Å². The molecular formula is C11H14FNO. The van der Waals surface area contributed by atoms with Gasteiger partial charge >= 0.3 is 0 Å². The van der Waals surface area contributed by atoms with Crippen molar-refractivity contribution in [2.24, 2.45) is 0 Å². The molecule has 0 atom stereocenters. The first kappa shape index (κ1) is 9.62. The number of halogens is 1. The summed E-state index contributed by atoms with van der Waals surface area (Å²) >= 11 is 0. The molecule has 14 heavy (non-hydrogen) atoms. The van der Waals surface area contributed by atoms with Gasteiger partial charge in [-0.25, -0.2) is 4.39 Å². The number of benzene rings is 1. The number of alkyl halides is 1. The first-order valence-electron chi connectivity index (χ1n) is 4.78. The molecule has 1 aliphatic heterocycles. The topological polar surface area (TPSA) is 23.5 Å². The molecule has 0 bridgehead atoms. The lowest BCUT2D eigenvalue weighted by molar-refractivity contribution is -0.0706. The first-order chi connectivity index (χ1) is 6.72. The molecule has 3 heteroatoms. The van der Waals surface area contributed by atoms with Crippen molar-refractivity contribution in [3.63, 3.8) is 0 Å².